The molecule has 97 heavy (non-hydrogen) atoms. The fraction of sp³-hybridized carbons (Fsp3) is 0.688. The van der Waals surface area contributed by atoms with Crippen LogP contribution in [0.4, 0.5) is 0 Å². The molecule has 1 heterocycles. The van der Waals surface area contributed by atoms with Crippen LogP contribution in [-0.4, -0.2) is 194 Å². The molecule has 0 radical (unpaired) electrons. The molecule has 0 unspecified atom stereocenters. The van der Waals surface area contributed by atoms with E-state index in [4.69, 9.17) is 39.1 Å². The first-order valence-corrected chi connectivity index (χ1v) is 33.6. The van der Waals surface area contributed by atoms with Crippen molar-refractivity contribution in [3.63, 3.8) is 0 Å². The molecule has 0 aromatic heterocycles. The molecule has 33 nitrogen and oxygen atoms in total. The van der Waals surface area contributed by atoms with Crippen molar-refractivity contribution in [1.29, 1.82) is 0 Å². The highest BCUT2D eigenvalue weighted by molar-refractivity contribution is 5.99. The highest BCUT2D eigenvalue weighted by atomic mass is 16.5. The molecule has 0 spiro atoms. The number of aliphatic imine (C=N–C) groups is 3. The molecule has 33 heteroatoms. The van der Waals surface area contributed by atoms with Gasteiger partial charge in [0.15, 0.2) is 17.9 Å². The van der Waals surface area contributed by atoms with E-state index < -0.39 is 168 Å². The van der Waals surface area contributed by atoms with Crippen LogP contribution in [0.25, 0.3) is 0 Å². The van der Waals surface area contributed by atoms with Gasteiger partial charge in [-0.25, -0.2) is 4.79 Å². The van der Waals surface area contributed by atoms with E-state index in [-0.39, 0.29) is 88.9 Å². The molecule has 0 saturated carbocycles. The molecular weight excluding hydrogens is 1260 g/mol. The summed E-state index contributed by atoms with van der Waals surface area (Å²) >= 11 is 0. The molecule has 1 aromatic rings. The zero-order valence-electron chi connectivity index (χ0n) is 58.3. The maximum Gasteiger partial charge on any atom is 0.329 e. The van der Waals surface area contributed by atoms with Crippen LogP contribution in [0, 0.1) is 23.7 Å². The molecule has 0 aliphatic carbocycles. The molecule has 16 atom stereocenters. The van der Waals surface area contributed by atoms with E-state index in [1.54, 1.807) is 62.4 Å². The number of aliphatic hydroxyl groups excluding tert-OH is 1. The van der Waals surface area contributed by atoms with Gasteiger partial charge in [0.25, 0.3) is 0 Å². The van der Waals surface area contributed by atoms with Gasteiger partial charge in [-0.1, -0.05) is 125 Å². The summed E-state index contributed by atoms with van der Waals surface area (Å²) in [4.78, 5) is 169. The second-order valence-electron chi connectivity index (χ2n) is 24.8. The molecule has 546 valence electrons. The predicted molar refractivity (Wildman–Crippen MR) is 367 cm³/mol. The Balaban J connectivity index is 2.59. The lowest BCUT2D eigenvalue weighted by atomic mass is 9.94. The average molecular weight is 1370 g/mol. The first kappa shape index (κ1) is 84.2. The molecule has 2 rings (SSSR count). The number of nitrogens with two attached hydrogens (primary N) is 6. The Hall–Kier alpha value is -8.88. The monoisotopic (exact) mass is 1370 g/mol. The number of aliphatic hydroxyl groups is 1. The van der Waals surface area contributed by atoms with E-state index in [1.807, 2.05) is 37.3 Å². The summed E-state index contributed by atoms with van der Waals surface area (Å²) in [6.45, 7) is 16.0. The number of benzene rings is 1. The van der Waals surface area contributed by atoms with E-state index in [9.17, 15) is 57.8 Å². The molecule has 10 amide bonds. The Morgan fingerprint density at radius 1 is 0.526 bits per heavy atom. The largest absolute Gasteiger partial charge is 0.458 e. The van der Waals surface area contributed by atoms with Crippen LogP contribution in [-0.2, 0) is 63.9 Å². The van der Waals surface area contributed by atoms with E-state index >= 15 is 0 Å². The van der Waals surface area contributed by atoms with Gasteiger partial charge in [0, 0.05) is 19.6 Å². The molecule has 24 N–H and O–H groups in total. The van der Waals surface area contributed by atoms with Gasteiger partial charge in [0.2, 0.25) is 59.1 Å². The number of nitrogens with one attached hydrogen (secondary N) is 11. The topological polar surface area (TPSA) is 543 Å². The van der Waals surface area contributed by atoms with E-state index in [0.717, 1.165) is 5.56 Å². The van der Waals surface area contributed by atoms with Crippen LogP contribution in [0.15, 0.2) is 45.3 Å². The average Bonchev–Trinajstić information content (AvgIpc) is 1.89. The number of carbonyl (C=O) groups is 11. The van der Waals surface area contributed by atoms with Crippen LogP contribution >= 0.6 is 0 Å². The third-order valence-corrected chi connectivity index (χ3v) is 17.2. The van der Waals surface area contributed by atoms with E-state index in [0.29, 0.717) is 32.1 Å². The van der Waals surface area contributed by atoms with E-state index in [1.165, 1.54) is 6.92 Å². The summed E-state index contributed by atoms with van der Waals surface area (Å²) in [5, 5.41) is 40.5. The first-order chi connectivity index (χ1) is 45.9. The third kappa shape index (κ3) is 29.2. The zero-order chi connectivity index (χ0) is 73.1. The Morgan fingerprint density at radius 2 is 0.938 bits per heavy atom. The maximum absolute atomic E-state index is 14.7. The minimum absolute atomic E-state index is 0.0181. The smallest absolute Gasteiger partial charge is 0.329 e. The summed E-state index contributed by atoms with van der Waals surface area (Å²) in [6.07, 6.45) is 1.04. The number of hydrogen-bond acceptors (Lipinski definition) is 17. The summed E-state index contributed by atoms with van der Waals surface area (Å²) in [6, 6.07) is -5.51. The number of amides is 10. The normalized spacial score (nSPS) is 20.1. The number of esters is 1. The van der Waals surface area contributed by atoms with Gasteiger partial charge < -0.3 is 103 Å². The standard InChI is InChI=1S/C64H112N20O13/c1-12-23-40-53(88)83-49(37(9)16-5)61(96)97-38(10)50(60(95)78-42(51(86)75-40)27-21-30-73-63(67)68)84-56(91)45(33-85)79-58(93)47(35(7)14-3)82-59(94)48(36(8)15-4)80-54(89)43(28-22-31-74-64(69)70)76-52(87)41(26-20-29-72-62(65)66)77-57(92)46(34(6)13-2)81-55(90)44(71-11)32-39-24-18-17-19-25-39/h17-19,24-25,34-38,40-50,71,85H,12-16,20-23,26-33H2,1-11H3,(H,75,86)(H,76,87)(H,77,92)(H,78,95)(H,79,93)(H,80,89)(H,81,90)(H,82,94)(H,83,88)(H,84,91)(H4,65,66,72)(H4,67,68,73)(H4,69,70,74)/t34-,35-,36-,37-,38-,40-,41-,42-,43+,44+,45-,46-,47-,48+,49-,50+/m0/s1. The third-order valence-electron chi connectivity index (χ3n) is 17.2. The van der Waals surface area contributed by atoms with Gasteiger partial charge in [-0.3, -0.25) is 62.9 Å². The Morgan fingerprint density at radius 3 is 1.39 bits per heavy atom. The van der Waals surface area contributed by atoms with Crippen molar-refractivity contribution >= 4 is 82.9 Å². The van der Waals surface area contributed by atoms with Gasteiger partial charge in [-0.15, -0.1) is 0 Å². The van der Waals surface area contributed by atoms with Crippen molar-refractivity contribution < 1.29 is 62.6 Å². The second kappa shape index (κ2) is 44.0. The number of likely N-dealkylation sites (N-methyl/N-ethyl adjacent to an activating group) is 1. The minimum atomic E-state index is -1.83. The fourth-order valence-electron chi connectivity index (χ4n) is 10.3. The molecule has 1 aliphatic heterocycles. The number of hydrogen-bond donors (Lipinski definition) is 18. The lowest BCUT2D eigenvalue weighted by Gasteiger charge is -2.32. The summed E-state index contributed by atoms with van der Waals surface area (Å²) < 4.78 is 5.80. The van der Waals surface area contributed by atoms with Crippen molar-refractivity contribution in [2.75, 3.05) is 33.3 Å². The molecule has 0 bridgehead atoms. The number of guanidine groups is 3. The number of carbonyl (C=O) groups excluding carboxylic acids is 11. The predicted octanol–water partition coefficient (Wildman–Crippen LogP) is -3.25. The van der Waals surface area contributed by atoms with Crippen LogP contribution in [0.5, 0.6) is 0 Å². The molecule has 1 fully saturated rings. The van der Waals surface area contributed by atoms with Crippen molar-refractivity contribution in [1.82, 2.24) is 58.5 Å². The second-order valence-corrected chi connectivity index (χ2v) is 24.8. The van der Waals surface area contributed by atoms with Crippen LogP contribution in [0.2, 0.25) is 0 Å². The molecule has 1 aliphatic rings. The van der Waals surface area contributed by atoms with Crippen molar-refractivity contribution in [3.05, 3.63) is 35.9 Å². The number of ether oxygens (including phenoxy) is 1. The van der Waals surface area contributed by atoms with Gasteiger partial charge in [-0.05, 0) is 94.6 Å². The van der Waals surface area contributed by atoms with Crippen LogP contribution in [0.1, 0.15) is 152 Å². The Bertz CT molecular complexity index is 2820. The summed E-state index contributed by atoms with van der Waals surface area (Å²) in [5.41, 5.74) is 34.3. The lowest BCUT2D eigenvalue weighted by Crippen LogP contribution is -2.63. The van der Waals surface area contributed by atoms with Gasteiger partial charge >= 0.3 is 5.97 Å². The number of cyclic esters (lactones) is 1. The Kier molecular flexibility index (Phi) is 38.2. The van der Waals surface area contributed by atoms with Gasteiger partial charge in [0.1, 0.15) is 66.5 Å². The van der Waals surface area contributed by atoms with Crippen molar-refractivity contribution in [3.8, 4) is 0 Å². The van der Waals surface area contributed by atoms with Crippen LogP contribution < -0.4 is 92.9 Å². The van der Waals surface area contributed by atoms with E-state index in [2.05, 4.69) is 73.5 Å². The number of rotatable bonds is 40. The summed E-state index contributed by atoms with van der Waals surface area (Å²) in [7, 11) is 1.63. The molecule has 1 saturated heterocycles. The highest BCUT2D eigenvalue weighted by Crippen LogP contribution is 2.18. The quantitative estimate of drug-likeness (QED) is 0.0133. The van der Waals surface area contributed by atoms with Gasteiger partial charge in [0.05, 0.1) is 12.6 Å². The summed E-state index contributed by atoms with van der Waals surface area (Å²) in [5.74, 6) is -12.1. The SMILES string of the molecule is CCC[C@@H]1NC(=O)[C@H](CCCN=C(N)N)NC(=O)[C@H](NC(=O)[C@H](CO)NC(=O)[C@@H](NC(=O)[C@H](NC(=O)[C@@H](CCCN=C(N)N)NC(=O)[C@H](CCCN=C(N)N)NC(=O)[C@@H](NC(=O)[C@@H](Cc2ccccc2)NC)[C@@H](C)CC)[C@@H](C)CC)[C@@H](C)CC)[C@H](C)OC(=O)[C@H]([C@@H](C)CC)NC1=O. The Labute approximate surface area is 569 Å². The first-order valence-electron chi connectivity index (χ1n) is 33.6. The van der Waals surface area contributed by atoms with Crippen molar-refractivity contribution in [2.45, 2.75) is 225 Å². The van der Waals surface area contributed by atoms with Gasteiger partial charge in [-0.2, -0.15) is 0 Å². The lowest BCUT2D eigenvalue weighted by molar-refractivity contribution is -0.157. The van der Waals surface area contributed by atoms with Crippen molar-refractivity contribution in [2.24, 2.45) is 73.1 Å². The molecular formula is C64H112N20O13. The number of nitrogens with zero attached hydrogens (tertiary/aromatic N) is 3. The fourth-order valence-corrected chi connectivity index (χ4v) is 10.3. The molecule has 1 aromatic carbocycles. The van der Waals surface area contributed by atoms with Crippen LogP contribution in [0.3, 0.4) is 0 Å². The highest BCUT2D eigenvalue weighted by Gasteiger charge is 2.41. The zero-order valence-corrected chi connectivity index (χ0v) is 58.3. The maximum atomic E-state index is 14.7. The minimum Gasteiger partial charge on any atom is -0.458 e.